The van der Waals surface area contributed by atoms with Gasteiger partial charge in [-0.2, -0.15) is 5.10 Å². The Hall–Kier alpha value is -2.89. The maximum absolute atomic E-state index is 10.7. The van der Waals surface area contributed by atoms with Crippen LogP contribution >= 0.6 is 22.6 Å². The summed E-state index contributed by atoms with van der Waals surface area (Å²) >= 11 is 2.11. The van der Waals surface area contributed by atoms with Gasteiger partial charge in [0.25, 0.3) is 5.69 Å². The van der Waals surface area contributed by atoms with E-state index in [1.165, 1.54) is 18.3 Å². The van der Waals surface area contributed by atoms with Crippen LogP contribution in [-0.2, 0) is 6.61 Å². The second-order valence-corrected chi connectivity index (χ2v) is 6.37. The van der Waals surface area contributed by atoms with Gasteiger partial charge in [0.2, 0.25) is 0 Å². The fourth-order valence-corrected chi connectivity index (χ4v) is 2.89. The monoisotopic (exact) mass is 484 g/mol. The van der Waals surface area contributed by atoms with Gasteiger partial charge in [-0.1, -0.05) is 0 Å². The molecule has 0 spiro atoms. The number of nitrogens with one attached hydrogen (secondary N) is 1. The summed E-state index contributed by atoms with van der Waals surface area (Å²) in [7, 11) is 0. The normalized spacial score (nSPS) is 10.6. The maximum Gasteiger partial charge on any atom is 0.332 e. The van der Waals surface area contributed by atoms with Crippen molar-refractivity contribution in [3.63, 3.8) is 0 Å². The van der Waals surface area contributed by atoms with Crippen LogP contribution < -0.4 is 20.6 Å². The molecule has 0 heterocycles. The van der Waals surface area contributed by atoms with Crippen molar-refractivity contribution in [2.45, 2.75) is 13.5 Å². The Morgan fingerprint density at radius 1 is 1.33 bits per heavy atom. The smallest absolute Gasteiger partial charge is 0.332 e. The Labute approximate surface area is 168 Å². The van der Waals surface area contributed by atoms with Crippen LogP contribution in [0.2, 0.25) is 0 Å². The van der Waals surface area contributed by atoms with Crippen molar-refractivity contribution in [3.05, 3.63) is 61.2 Å². The summed E-state index contributed by atoms with van der Waals surface area (Å²) in [5.41, 5.74) is 8.59. The Balaban J connectivity index is 2.18. The van der Waals surface area contributed by atoms with E-state index in [9.17, 15) is 14.9 Å². The summed E-state index contributed by atoms with van der Waals surface area (Å²) in [5, 5.41) is 14.4. The highest BCUT2D eigenvalue weighted by Crippen LogP contribution is 2.34. The third-order valence-corrected chi connectivity index (χ3v) is 4.05. The molecule has 142 valence electrons. The molecule has 0 saturated heterocycles. The molecule has 0 saturated carbocycles. The molecule has 0 unspecified atom stereocenters. The number of hydrogen-bond acceptors (Lipinski definition) is 6. The minimum Gasteiger partial charge on any atom is -0.490 e. The molecule has 0 aliphatic carbocycles. The highest BCUT2D eigenvalue weighted by molar-refractivity contribution is 14.1. The predicted molar refractivity (Wildman–Crippen MR) is 108 cm³/mol. The first-order chi connectivity index (χ1) is 12.9. The minimum atomic E-state index is -0.756. The van der Waals surface area contributed by atoms with E-state index in [1.807, 2.05) is 6.92 Å². The Bertz CT molecular complexity index is 855. The molecule has 0 aromatic heterocycles. The maximum atomic E-state index is 10.7. The third kappa shape index (κ3) is 6.09. The summed E-state index contributed by atoms with van der Waals surface area (Å²) in [6.07, 6.45) is 1.44. The number of amides is 2. The molecule has 2 amide bonds. The van der Waals surface area contributed by atoms with Crippen molar-refractivity contribution in [2.75, 3.05) is 6.61 Å². The molecule has 0 atom stereocenters. The first-order valence-electron chi connectivity index (χ1n) is 7.81. The Morgan fingerprint density at radius 2 is 2.04 bits per heavy atom. The van der Waals surface area contributed by atoms with Crippen molar-refractivity contribution in [2.24, 2.45) is 10.8 Å². The largest absolute Gasteiger partial charge is 0.490 e. The van der Waals surface area contributed by atoms with Crippen LogP contribution in [0, 0.1) is 13.7 Å². The lowest BCUT2D eigenvalue weighted by Crippen LogP contribution is -2.24. The first-order valence-corrected chi connectivity index (χ1v) is 8.89. The molecule has 0 fully saturated rings. The van der Waals surface area contributed by atoms with E-state index in [0.717, 1.165) is 9.13 Å². The van der Waals surface area contributed by atoms with E-state index in [1.54, 1.807) is 24.3 Å². The number of carbonyl (C=O) groups is 1. The number of hydrazone groups is 1. The van der Waals surface area contributed by atoms with Gasteiger partial charge in [0.1, 0.15) is 6.61 Å². The molecular formula is C17H17IN4O5. The van der Waals surface area contributed by atoms with Crippen molar-refractivity contribution in [1.29, 1.82) is 0 Å². The molecule has 2 aromatic carbocycles. The number of benzene rings is 2. The van der Waals surface area contributed by atoms with Gasteiger partial charge in [-0.05, 0) is 64.9 Å². The molecule has 0 aliphatic rings. The van der Waals surface area contributed by atoms with Gasteiger partial charge in [-0.25, -0.2) is 10.2 Å². The van der Waals surface area contributed by atoms with Crippen LogP contribution in [0.4, 0.5) is 10.5 Å². The van der Waals surface area contributed by atoms with Gasteiger partial charge >= 0.3 is 6.03 Å². The highest BCUT2D eigenvalue weighted by atomic mass is 127. The van der Waals surface area contributed by atoms with E-state index >= 15 is 0 Å². The number of halogens is 1. The molecule has 2 aromatic rings. The third-order valence-electron chi connectivity index (χ3n) is 3.25. The molecule has 2 rings (SSSR count). The number of hydrogen-bond donors (Lipinski definition) is 2. The Morgan fingerprint density at radius 3 is 2.63 bits per heavy atom. The topological polar surface area (TPSA) is 129 Å². The zero-order valence-electron chi connectivity index (χ0n) is 14.3. The van der Waals surface area contributed by atoms with Gasteiger partial charge in [-0.3, -0.25) is 10.1 Å². The number of carbonyl (C=O) groups excluding carboxylic acids is 1. The Kier molecular flexibility index (Phi) is 7.34. The van der Waals surface area contributed by atoms with E-state index < -0.39 is 11.0 Å². The van der Waals surface area contributed by atoms with Crippen LogP contribution in [0.15, 0.2) is 41.5 Å². The zero-order valence-corrected chi connectivity index (χ0v) is 16.5. The van der Waals surface area contributed by atoms with E-state index in [0.29, 0.717) is 23.7 Å². The number of urea groups is 1. The van der Waals surface area contributed by atoms with Gasteiger partial charge in [0.05, 0.1) is 21.3 Å². The van der Waals surface area contributed by atoms with Crippen LogP contribution in [-0.4, -0.2) is 23.8 Å². The van der Waals surface area contributed by atoms with E-state index in [-0.39, 0.29) is 12.3 Å². The van der Waals surface area contributed by atoms with E-state index in [2.05, 4.69) is 33.1 Å². The molecule has 9 nitrogen and oxygen atoms in total. The van der Waals surface area contributed by atoms with Gasteiger partial charge in [-0.15, -0.1) is 0 Å². The van der Waals surface area contributed by atoms with Crippen LogP contribution in [0.1, 0.15) is 18.1 Å². The zero-order chi connectivity index (χ0) is 19.8. The number of nitro groups is 1. The molecular weight excluding hydrogens is 467 g/mol. The van der Waals surface area contributed by atoms with Crippen molar-refractivity contribution < 1.29 is 19.2 Å². The summed E-state index contributed by atoms with van der Waals surface area (Å²) < 4.78 is 12.3. The number of rotatable bonds is 8. The average molecular weight is 484 g/mol. The fourth-order valence-electron chi connectivity index (χ4n) is 2.11. The summed E-state index contributed by atoms with van der Waals surface area (Å²) in [6, 6.07) is 8.92. The van der Waals surface area contributed by atoms with Gasteiger partial charge < -0.3 is 15.2 Å². The van der Waals surface area contributed by atoms with Crippen LogP contribution in [0.25, 0.3) is 0 Å². The SMILES string of the molecule is CCOc1cc(C=NNC(N)=O)cc(I)c1OCc1ccc([N+](=O)[O-])cc1. The lowest BCUT2D eigenvalue weighted by atomic mass is 10.2. The number of primary amides is 1. The molecule has 0 radical (unpaired) electrons. The highest BCUT2D eigenvalue weighted by Gasteiger charge is 2.13. The van der Waals surface area contributed by atoms with E-state index in [4.69, 9.17) is 15.2 Å². The lowest BCUT2D eigenvalue weighted by Gasteiger charge is -2.14. The summed E-state index contributed by atoms with van der Waals surface area (Å²) in [4.78, 5) is 20.9. The second kappa shape index (κ2) is 9.71. The molecule has 3 N–H and O–H groups in total. The molecule has 27 heavy (non-hydrogen) atoms. The fraction of sp³-hybridized carbons (Fsp3) is 0.176. The number of nitrogens with zero attached hydrogens (tertiary/aromatic N) is 2. The lowest BCUT2D eigenvalue weighted by molar-refractivity contribution is -0.384. The van der Waals surface area contributed by atoms with Crippen molar-refractivity contribution in [1.82, 2.24) is 5.43 Å². The van der Waals surface area contributed by atoms with Crippen molar-refractivity contribution >= 4 is 40.5 Å². The summed E-state index contributed by atoms with van der Waals surface area (Å²) in [6.45, 7) is 2.51. The predicted octanol–water partition coefficient (Wildman–Crippen LogP) is 3.18. The quantitative estimate of drug-likeness (QED) is 0.257. The second-order valence-electron chi connectivity index (χ2n) is 5.21. The number of nitro benzene ring substituents is 1. The number of ether oxygens (including phenoxy) is 2. The summed E-state index contributed by atoms with van der Waals surface area (Å²) in [5.74, 6) is 1.07. The standard InChI is InChI=1S/C17H17IN4O5/c1-2-26-15-8-12(9-20-21-17(19)23)7-14(18)16(15)27-10-11-3-5-13(6-4-11)22(24)25/h3-9H,2,10H2,1H3,(H3,19,21,23). The molecule has 0 aliphatic heterocycles. The molecule has 10 heteroatoms. The molecule has 0 bridgehead atoms. The van der Waals surface area contributed by atoms with Gasteiger partial charge in [0, 0.05) is 12.1 Å². The van der Waals surface area contributed by atoms with Crippen LogP contribution in [0.3, 0.4) is 0 Å². The number of nitrogens with two attached hydrogens (primary N) is 1. The number of non-ortho nitro benzene ring substituents is 1. The van der Waals surface area contributed by atoms with Gasteiger partial charge in [0.15, 0.2) is 11.5 Å². The van der Waals surface area contributed by atoms with Crippen molar-refractivity contribution in [3.8, 4) is 11.5 Å². The minimum absolute atomic E-state index is 0.0246. The first kappa shape index (κ1) is 20.4. The van der Waals surface area contributed by atoms with Crippen LogP contribution in [0.5, 0.6) is 11.5 Å². The average Bonchev–Trinajstić information content (AvgIpc) is 2.61.